The number of carbonyl (C=O) groups excluding carboxylic acids is 1. The summed E-state index contributed by atoms with van der Waals surface area (Å²) in [7, 11) is 7.46. The summed E-state index contributed by atoms with van der Waals surface area (Å²) < 4.78 is 20.3. The maximum Gasteiger partial charge on any atom is 0.261 e. The standard InChI is InChI=1S/C18H15BFN3O2/c1-23-16(24)18(22-17(23)21)9-15(11-4-2-3-5-13(11)20)25-14-7-6-10(19)8-12(14)18/h2-8,15H,9H2,1H3,(H2,21,22). The van der Waals surface area contributed by atoms with E-state index in [2.05, 4.69) is 4.99 Å². The predicted molar refractivity (Wildman–Crippen MR) is 92.3 cm³/mol. The van der Waals surface area contributed by atoms with E-state index in [-0.39, 0.29) is 18.3 Å². The van der Waals surface area contributed by atoms with Crippen LogP contribution >= 0.6 is 0 Å². The van der Waals surface area contributed by atoms with Crippen molar-refractivity contribution >= 4 is 25.2 Å². The van der Waals surface area contributed by atoms with Gasteiger partial charge in [-0.05, 0) is 12.1 Å². The van der Waals surface area contributed by atoms with Crippen molar-refractivity contribution in [1.29, 1.82) is 0 Å². The van der Waals surface area contributed by atoms with Crippen molar-refractivity contribution < 1.29 is 13.9 Å². The van der Waals surface area contributed by atoms with Gasteiger partial charge in [0.1, 0.15) is 25.5 Å². The van der Waals surface area contributed by atoms with Crippen LogP contribution in [0.4, 0.5) is 4.39 Å². The largest absolute Gasteiger partial charge is 0.485 e. The first-order chi connectivity index (χ1) is 11.9. The Morgan fingerprint density at radius 1 is 1.36 bits per heavy atom. The third-order valence-electron chi connectivity index (χ3n) is 4.76. The number of nitrogens with two attached hydrogens (primary N) is 1. The Kier molecular flexibility index (Phi) is 3.35. The third-order valence-corrected chi connectivity index (χ3v) is 4.76. The number of ether oxygens (including phenoxy) is 1. The van der Waals surface area contributed by atoms with E-state index in [0.29, 0.717) is 22.3 Å². The lowest BCUT2D eigenvalue weighted by Crippen LogP contribution is -2.44. The molecular formula is C18H15BFN3O2. The van der Waals surface area contributed by atoms with E-state index in [1.807, 2.05) is 0 Å². The second-order valence-electron chi connectivity index (χ2n) is 6.28. The highest BCUT2D eigenvalue weighted by atomic mass is 19.1. The SMILES string of the molecule is [B]c1ccc2c(c1)C1(CC(c3ccccc3F)O2)N=C(N)N(C)C1=O. The molecule has 25 heavy (non-hydrogen) atoms. The lowest BCUT2D eigenvalue weighted by atomic mass is 9.78. The molecule has 2 N–H and O–H groups in total. The van der Waals surface area contributed by atoms with Gasteiger partial charge in [-0.1, -0.05) is 35.8 Å². The smallest absolute Gasteiger partial charge is 0.261 e. The van der Waals surface area contributed by atoms with Crippen LogP contribution in [0.15, 0.2) is 47.5 Å². The second kappa shape index (κ2) is 5.34. The number of rotatable bonds is 1. The molecule has 0 saturated carbocycles. The van der Waals surface area contributed by atoms with Crippen LogP contribution in [0.3, 0.4) is 0 Å². The van der Waals surface area contributed by atoms with Crippen LogP contribution in [-0.2, 0) is 10.3 Å². The molecule has 0 bridgehead atoms. The molecule has 7 heteroatoms. The molecule has 2 aromatic carbocycles. The Bertz CT molecular complexity index is 917. The summed E-state index contributed by atoms with van der Waals surface area (Å²) in [5.74, 6) is -0.0970. The molecule has 0 saturated heterocycles. The van der Waals surface area contributed by atoms with Crippen molar-refractivity contribution in [3.8, 4) is 5.75 Å². The first-order valence-electron chi connectivity index (χ1n) is 7.87. The number of amides is 1. The number of carbonyl (C=O) groups is 1. The molecule has 0 aliphatic carbocycles. The number of nitrogens with zero attached hydrogens (tertiary/aromatic N) is 2. The average Bonchev–Trinajstić information content (AvgIpc) is 2.80. The molecule has 124 valence electrons. The first kappa shape index (κ1) is 15.7. The highest BCUT2D eigenvalue weighted by molar-refractivity contribution is 6.32. The van der Waals surface area contributed by atoms with Gasteiger partial charge in [-0.15, -0.1) is 0 Å². The molecule has 2 heterocycles. The summed E-state index contributed by atoms with van der Waals surface area (Å²) in [5.41, 5.74) is 6.05. The summed E-state index contributed by atoms with van der Waals surface area (Å²) in [6, 6.07) is 11.4. The molecule has 0 fully saturated rings. The van der Waals surface area contributed by atoms with Crippen molar-refractivity contribution in [2.75, 3.05) is 7.05 Å². The van der Waals surface area contributed by atoms with Crippen LogP contribution in [0, 0.1) is 5.82 Å². The minimum Gasteiger partial charge on any atom is -0.485 e. The lowest BCUT2D eigenvalue weighted by Gasteiger charge is -2.37. The minimum absolute atomic E-state index is 0.118. The zero-order valence-electron chi connectivity index (χ0n) is 13.6. The summed E-state index contributed by atoms with van der Waals surface area (Å²) in [4.78, 5) is 18.7. The number of hydrogen-bond donors (Lipinski definition) is 1. The topological polar surface area (TPSA) is 67.9 Å². The maximum atomic E-state index is 14.3. The van der Waals surface area contributed by atoms with Crippen LogP contribution in [-0.4, -0.2) is 31.7 Å². The molecule has 1 spiro atoms. The number of likely N-dealkylation sites (N-methyl/N-ethyl adjacent to an activating group) is 1. The summed E-state index contributed by atoms with van der Waals surface area (Å²) in [6.45, 7) is 0. The van der Waals surface area contributed by atoms with Crippen LogP contribution in [0.2, 0.25) is 0 Å². The number of benzene rings is 2. The maximum absolute atomic E-state index is 14.3. The average molecular weight is 335 g/mol. The number of hydrogen-bond acceptors (Lipinski definition) is 4. The van der Waals surface area contributed by atoms with Crippen molar-refractivity contribution in [2.24, 2.45) is 10.7 Å². The number of guanidine groups is 1. The van der Waals surface area contributed by atoms with Gasteiger partial charge in [-0.25, -0.2) is 9.38 Å². The first-order valence-corrected chi connectivity index (χ1v) is 7.87. The third kappa shape index (κ3) is 2.22. The highest BCUT2D eigenvalue weighted by Gasteiger charge is 2.53. The van der Waals surface area contributed by atoms with Gasteiger partial charge in [-0.2, -0.15) is 0 Å². The summed E-state index contributed by atoms with van der Waals surface area (Å²) >= 11 is 0. The van der Waals surface area contributed by atoms with E-state index in [1.54, 1.807) is 43.4 Å². The van der Waals surface area contributed by atoms with Gasteiger partial charge in [0.05, 0.1) is 0 Å². The molecule has 2 aliphatic rings. The van der Waals surface area contributed by atoms with Gasteiger partial charge in [0.15, 0.2) is 11.5 Å². The van der Waals surface area contributed by atoms with Crippen LogP contribution < -0.4 is 15.9 Å². The second-order valence-corrected chi connectivity index (χ2v) is 6.28. The molecule has 2 aliphatic heterocycles. The Hall–Kier alpha value is -2.83. The van der Waals surface area contributed by atoms with Crippen molar-refractivity contribution in [3.05, 3.63) is 59.4 Å². The van der Waals surface area contributed by atoms with Gasteiger partial charge in [0.25, 0.3) is 5.91 Å². The molecule has 4 rings (SSSR count). The fraction of sp³-hybridized carbons (Fsp3) is 0.222. The lowest BCUT2D eigenvalue weighted by molar-refractivity contribution is -0.132. The fourth-order valence-electron chi connectivity index (χ4n) is 3.46. The van der Waals surface area contributed by atoms with Crippen LogP contribution in [0.5, 0.6) is 5.75 Å². The molecule has 0 aromatic heterocycles. The zero-order valence-corrected chi connectivity index (χ0v) is 13.6. The predicted octanol–water partition coefficient (Wildman–Crippen LogP) is 1.13. The molecule has 1 amide bonds. The van der Waals surface area contributed by atoms with E-state index in [4.69, 9.17) is 18.3 Å². The minimum atomic E-state index is -1.26. The van der Waals surface area contributed by atoms with Gasteiger partial charge in [-0.3, -0.25) is 9.69 Å². The monoisotopic (exact) mass is 335 g/mol. The Balaban J connectivity index is 1.91. The Morgan fingerprint density at radius 2 is 2.12 bits per heavy atom. The zero-order chi connectivity index (χ0) is 17.8. The van der Waals surface area contributed by atoms with Gasteiger partial charge in [0, 0.05) is 24.6 Å². The molecular weight excluding hydrogens is 320 g/mol. The normalized spacial score (nSPS) is 24.9. The molecule has 2 radical (unpaired) electrons. The number of halogens is 1. The van der Waals surface area contributed by atoms with E-state index in [1.165, 1.54) is 11.0 Å². The van der Waals surface area contributed by atoms with Gasteiger partial charge in [0.2, 0.25) is 0 Å². The van der Waals surface area contributed by atoms with E-state index >= 15 is 0 Å². The molecule has 5 nitrogen and oxygen atoms in total. The van der Waals surface area contributed by atoms with Crippen LogP contribution in [0.1, 0.15) is 23.7 Å². The van der Waals surface area contributed by atoms with Crippen molar-refractivity contribution in [3.63, 3.8) is 0 Å². The van der Waals surface area contributed by atoms with Gasteiger partial charge < -0.3 is 10.5 Å². The molecule has 2 unspecified atom stereocenters. The Labute approximate surface area is 145 Å². The summed E-state index contributed by atoms with van der Waals surface area (Å²) in [5, 5.41) is 0. The molecule has 2 aromatic rings. The Morgan fingerprint density at radius 3 is 2.80 bits per heavy atom. The van der Waals surface area contributed by atoms with E-state index in [0.717, 1.165) is 0 Å². The quantitative estimate of drug-likeness (QED) is 0.795. The van der Waals surface area contributed by atoms with Crippen LogP contribution in [0.25, 0.3) is 0 Å². The highest BCUT2D eigenvalue weighted by Crippen LogP contribution is 2.49. The molecule has 2 atom stereocenters. The van der Waals surface area contributed by atoms with Crippen molar-refractivity contribution in [2.45, 2.75) is 18.1 Å². The van der Waals surface area contributed by atoms with E-state index in [9.17, 15) is 9.18 Å². The summed E-state index contributed by atoms with van der Waals surface area (Å²) in [6.07, 6.45) is -0.516. The number of fused-ring (bicyclic) bond motifs is 2. The van der Waals surface area contributed by atoms with Crippen molar-refractivity contribution in [1.82, 2.24) is 4.90 Å². The van der Waals surface area contributed by atoms with Gasteiger partial charge >= 0.3 is 0 Å². The number of aliphatic imine (C=N–C) groups is 1. The van der Waals surface area contributed by atoms with E-state index < -0.39 is 17.5 Å². The fourth-order valence-corrected chi connectivity index (χ4v) is 3.46.